The van der Waals surface area contributed by atoms with Gasteiger partial charge >= 0.3 is 0 Å². The van der Waals surface area contributed by atoms with Crippen LogP contribution >= 0.6 is 0 Å². The van der Waals surface area contributed by atoms with E-state index in [1.165, 1.54) is 16.7 Å². The maximum absolute atomic E-state index is 13.4. The molecule has 3 aliphatic heterocycles. The van der Waals surface area contributed by atoms with Crippen LogP contribution in [0.3, 0.4) is 0 Å². The van der Waals surface area contributed by atoms with E-state index in [0.29, 0.717) is 31.7 Å². The summed E-state index contributed by atoms with van der Waals surface area (Å²) in [7, 11) is 0. The number of nitrogens with zero attached hydrogens (tertiary/aromatic N) is 3. The highest BCUT2D eigenvalue weighted by atomic mass is 16.2. The van der Waals surface area contributed by atoms with E-state index in [0.717, 1.165) is 49.1 Å². The summed E-state index contributed by atoms with van der Waals surface area (Å²) >= 11 is 0. The molecule has 7 heteroatoms. The summed E-state index contributed by atoms with van der Waals surface area (Å²) in [5.74, 6) is 0.537. The average molecular weight is 522 g/mol. The summed E-state index contributed by atoms with van der Waals surface area (Å²) in [4.78, 5) is 29.6. The first-order chi connectivity index (χ1) is 19.1. The number of carbonyl (C=O) groups excluding carboxylic acids is 2. The first kappa shape index (κ1) is 24.3. The lowest BCUT2D eigenvalue weighted by Gasteiger charge is -2.45. The summed E-state index contributed by atoms with van der Waals surface area (Å²) < 4.78 is 0. The molecular weight excluding hydrogens is 486 g/mol. The molecule has 7 rings (SSSR count). The van der Waals surface area contributed by atoms with Gasteiger partial charge in [-0.2, -0.15) is 5.10 Å². The zero-order chi connectivity index (χ0) is 26.5. The van der Waals surface area contributed by atoms with Crippen LogP contribution in [0, 0.1) is 5.92 Å². The van der Waals surface area contributed by atoms with Crippen LogP contribution in [0.5, 0.6) is 0 Å². The van der Waals surface area contributed by atoms with E-state index < -0.39 is 0 Å². The number of nitrogens with one attached hydrogen (secondary N) is 2. The van der Waals surface area contributed by atoms with Crippen molar-refractivity contribution in [3.05, 3.63) is 94.7 Å². The lowest BCUT2D eigenvalue weighted by Crippen LogP contribution is -2.51. The minimum Gasteiger partial charge on any atom is -0.339 e. The van der Waals surface area contributed by atoms with Crippen LogP contribution in [0.1, 0.15) is 65.5 Å². The molecule has 3 heterocycles. The van der Waals surface area contributed by atoms with Crippen LogP contribution < -0.4 is 10.7 Å². The number of benzene rings is 2. The fourth-order valence-electron chi connectivity index (χ4n) is 6.78. The third kappa shape index (κ3) is 4.39. The quantitative estimate of drug-likeness (QED) is 0.634. The fraction of sp³-hybridized carbons (Fsp3) is 0.406. The fourth-order valence-corrected chi connectivity index (χ4v) is 6.78. The first-order valence-corrected chi connectivity index (χ1v) is 14.3. The summed E-state index contributed by atoms with van der Waals surface area (Å²) in [6.45, 7) is 6.67. The second-order valence-electron chi connectivity index (χ2n) is 11.5. The first-order valence-electron chi connectivity index (χ1n) is 14.3. The van der Waals surface area contributed by atoms with Gasteiger partial charge in [-0.15, -0.1) is 0 Å². The third-order valence-electron chi connectivity index (χ3n) is 9.03. The Balaban J connectivity index is 1.15. The number of piperidine rings is 1. The third-order valence-corrected chi connectivity index (χ3v) is 9.03. The van der Waals surface area contributed by atoms with E-state index in [2.05, 4.69) is 59.8 Å². The second-order valence-corrected chi connectivity index (χ2v) is 11.5. The zero-order valence-corrected chi connectivity index (χ0v) is 22.2. The molecular formula is C32H35N5O2. The highest BCUT2D eigenvalue weighted by Gasteiger charge is 2.44. The molecule has 7 nitrogen and oxygen atoms in total. The Labute approximate surface area is 229 Å². The topological polar surface area (TPSA) is 77.0 Å². The number of carbonyl (C=O) groups is 2. The molecule has 2 aromatic carbocycles. The summed E-state index contributed by atoms with van der Waals surface area (Å²) in [5.41, 5.74) is 10.9. The minimum absolute atomic E-state index is 0.00785. The molecule has 2 aromatic rings. The molecule has 200 valence electrons. The van der Waals surface area contributed by atoms with Crippen molar-refractivity contribution in [2.24, 2.45) is 11.0 Å². The number of hydrogen-bond donors (Lipinski definition) is 2. The maximum Gasteiger partial charge on any atom is 0.253 e. The van der Waals surface area contributed by atoms with Crippen LogP contribution in [-0.4, -0.2) is 59.5 Å². The van der Waals surface area contributed by atoms with Crippen molar-refractivity contribution in [3.63, 3.8) is 0 Å². The van der Waals surface area contributed by atoms with Gasteiger partial charge in [0.05, 0.1) is 11.4 Å². The molecule has 0 aromatic heterocycles. The lowest BCUT2D eigenvalue weighted by atomic mass is 9.70. The van der Waals surface area contributed by atoms with E-state index in [4.69, 9.17) is 5.10 Å². The Morgan fingerprint density at radius 3 is 2.31 bits per heavy atom. The molecule has 0 bridgehead atoms. The summed E-state index contributed by atoms with van der Waals surface area (Å²) in [6.07, 6.45) is 5.28. The molecule has 3 atom stereocenters. The van der Waals surface area contributed by atoms with Gasteiger partial charge in [-0.05, 0) is 66.5 Å². The summed E-state index contributed by atoms with van der Waals surface area (Å²) in [5, 5.41) is 8.85. The maximum atomic E-state index is 13.4. The van der Waals surface area contributed by atoms with Crippen LogP contribution in [0.4, 0.5) is 0 Å². The smallest absolute Gasteiger partial charge is 0.253 e. The van der Waals surface area contributed by atoms with Crippen LogP contribution in [-0.2, 0) is 4.79 Å². The predicted molar refractivity (Wildman–Crippen MR) is 151 cm³/mol. The van der Waals surface area contributed by atoms with Gasteiger partial charge in [-0.1, -0.05) is 49.0 Å². The molecule has 2 N–H and O–H groups in total. The molecule has 2 saturated heterocycles. The van der Waals surface area contributed by atoms with Crippen molar-refractivity contribution >= 4 is 17.5 Å². The Kier molecular flexibility index (Phi) is 6.11. The van der Waals surface area contributed by atoms with Crippen LogP contribution in [0.2, 0.25) is 0 Å². The monoisotopic (exact) mass is 521 g/mol. The van der Waals surface area contributed by atoms with Crippen molar-refractivity contribution in [2.45, 2.75) is 50.1 Å². The van der Waals surface area contributed by atoms with E-state index >= 15 is 0 Å². The average Bonchev–Trinajstić information content (AvgIpc) is 3.84. The SMILES string of the molecule is C=C1NN=C2C3=C1CCCC3NC(c1ccccc1)C2c1ccc(C(=O)N2CCN(C(=O)C3CC3)CC2)cc1. The zero-order valence-electron chi connectivity index (χ0n) is 22.2. The highest BCUT2D eigenvalue weighted by molar-refractivity contribution is 6.09. The number of hydrogen-bond acceptors (Lipinski definition) is 5. The second kappa shape index (κ2) is 9.79. The molecule has 3 fully saturated rings. The number of piperazine rings is 1. The van der Waals surface area contributed by atoms with Crippen molar-refractivity contribution in [1.29, 1.82) is 0 Å². The molecule has 3 unspecified atom stereocenters. The van der Waals surface area contributed by atoms with E-state index in [9.17, 15) is 9.59 Å². The summed E-state index contributed by atoms with van der Waals surface area (Å²) in [6, 6.07) is 19.0. The van der Waals surface area contributed by atoms with Gasteiger partial charge in [-0.3, -0.25) is 15.0 Å². The van der Waals surface area contributed by atoms with Gasteiger partial charge < -0.3 is 15.1 Å². The molecule has 5 aliphatic rings. The molecule has 0 radical (unpaired) electrons. The van der Waals surface area contributed by atoms with E-state index in [1.54, 1.807) is 0 Å². The van der Waals surface area contributed by atoms with Crippen molar-refractivity contribution in [3.8, 4) is 0 Å². The normalized spacial score (nSPS) is 26.5. The number of allylic oxidation sites excluding steroid dienone is 1. The van der Waals surface area contributed by atoms with Gasteiger partial charge in [0.1, 0.15) is 0 Å². The molecule has 2 aliphatic carbocycles. The van der Waals surface area contributed by atoms with Crippen molar-refractivity contribution in [1.82, 2.24) is 20.5 Å². The van der Waals surface area contributed by atoms with Gasteiger partial charge in [0.2, 0.25) is 5.91 Å². The largest absolute Gasteiger partial charge is 0.339 e. The predicted octanol–water partition coefficient (Wildman–Crippen LogP) is 4.13. The molecule has 39 heavy (non-hydrogen) atoms. The molecule has 2 amide bonds. The minimum atomic E-state index is 0.00785. The Bertz CT molecular complexity index is 1370. The number of rotatable bonds is 4. The Morgan fingerprint density at radius 2 is 1.59 bits per heavy atom. The van der Waals surface area contributed by atoms with E-state index in [-0.39, 0.29) is 35.7 Å². The Morgan fingerprint density at radius 1 is 0.872 bits per heavy atom. The van der Waals surface area contributed by atoms with E-state index in [1.807, 2.05) is 21.9 Å². The lowest BCUT2D eigenvalue weighted by molar-refractivity contribution is -0.134. The Hall–Kier alpha value is -3.71. The van der Waals surface area contributed by atoms with Gasteiger partial charge in [0.15, 0.2) is 0 Å². The molecule has 1 saturated carbocycles. The number of hydrazone groups is 1. The van der Waals surface area contributed by atoms with Gasteiger partial charge in [0, 0.05) is 55.7 Å². The number of amides is 2. The van der Waals surface area contributed by atoms with Crippen molar-refractivity contribution < 1.29 is 9.59 Å². The standard InChI is InChI=1S/C32H35N5O2/c1-20-25-8-5-9-26-28(25)30(35-34-20)27(29(33-26)22-6-3-2-4-7-22)21-10-12-23(13-11-21)31(38)36-16-18-37(19-17-36)32(39)24-14-15-24/h2-4,6-7,10-13,24,26-27,29,33-34H,1,5,8-9,14-19H2. The van der Waals surface area contributed by atoms with Gasteiger partial charge in [-0.25, -0.2) is 0 Å². The van der Waals surface area contributed by atoms with Crippen LogP contribution in [0.25, 0.3) is 0 Å². The van der Waals surface area contributed by atoms with Gasteiger partial charge in [0.25, 0.3) is 5.91 Å². The van der Waals surface area contributed by atoms with Crippen LogP contribution in [0.15, 0.2) is 83.1 Å². The highest BCUT2D eigenvalue weighted by Crippen LogP contribution is 2.45. The molecule has 0 spiro atoms. The van der Waals surface area contributed by atoms with Crippen molar-refractivity contribution in [2.75, 3.05) is 26.2 Å².